The summed E-state index contributed by atoms with van der Waals surface area (Å²) in [6, 6.07) is 7.08. The molecular formula is C11H14FNO2. The smallest absolute Gasteiger partial charge is 0.326 e. The van der Waals surface area contributed by atoms with Crippen molar-refractivity contribution < 1.29 is 13.9 Å². The summed E-state index contributed by atoms with van der Waals surface area (Å²) in [5.74, 6) is -0.714. The Bertz CT molecular complexity index is 316. The van der Waals surface area contributed by atoms with Crippen molar-refractivity contribution in [2.24, 2.45) is 5.73 Å². The number of carbonyl (C=O) groups excluding carboxylic acids is 1. The molecule has 1 aromatic carbocycles. The highest BCUT2D eigenvalue weighted by Crippen LogP contribution is 2.20. The molecule has 3 nitrogen and oxygen atoms in total. The van der Waals surface area contributed by atoms with Crippen molar-refractivity contribution in [3.05, 3.63) is 35.9 Å². The number of benzene rings is 1. The molecule has 15 heavy (non-hydrogen) atoms. The predicted octanol–water partition coefficient (Wildman–Crippen LogP) is 1.59. The number of hydrogen-bond donors (Lipinski definition) is 1. The molecule has 2 atom stereocenters. The fourth-order valence-electron chi connectivity index (χ4n) is 1.20. The lowest BCUT2D eigenvalue weighted by Gasteiger charge is -2.15. The molecule has 0 aliphatic rings. The van der Waals surface area contributed by atoms with E-state index in [1.165, 1.54) is 0 Å². The van der Waals surface area contributed by atoms with Gasteiger partial charge in [-0.3, -0.25) is 4.79 Å². The average molecular weight is 211 g/mol. The SMILES string of the molecule is CCOC(=O)C(N)C(F)c1ccccc1. The minimum atomic E-state index is -1.52. The van der Waals surface area contributed by atoms with Gasteiger partial charge in [-0.1, -0.05) is 30.3 Å². The van der Waals surface area contributed by atoms with Gasteiger partial charge in [0.15, 0.2) is 6.17 Å². The lowest BCUT2D eigenvalue weighted by atomic mass is 10.0. The van der Waals surface area contributed by atoms with Crippen LogP contribution in [0.15, 0.2) is 30.3 Å². The molecule has 0 radical (unpaired) electrons. The molecule has 2 unspecified atom stereocenters. The normalized spacial score (nSPS) is 14.3. The van der Waals surface area contributed by atoms with Gasteiger partial charge < -0.3 is 10.5 Å². The average Bonchev–Trinajstić information content (AvgIpc) is 2.28. The van der Waals surface area contributed by atoms with Crippen LogP contribution in [0.3, 0.4) is 0 Å². The molecule has 1 rings (SSSR count). The van der Waals surface area contributed by atoms with Crippen LogP contribution >= 0.6 is 0 Å². The number of rotatable bonds is 4. The van der Waals surface area contributed by atoms with Crippen molar-refractivity contribution in [1.29, 1.82) is 0 Å². The maximum Gasteiger partial charge on any atom is 0.326 e. The Morgan fingerprint density at radius 1 is 1.47 bits per heavy atom. The molecule has 0 saturated carbocycles. The number of nitrogens with two attached hydrogens (primary N) is 1. The highest BCUT2D eigenvalue weighted by Gasteiger charge is 2.26. The van der Waals surface area contributed by atoms with E-state index < -0.39 is 18.2 Å². The van der Waals surface area contributed by atoms with Crippen molar-refractivity contribution in [2.45, 2.75) is 19.1 Å². The minimum Gasteiger partial charge on any atom is -0.465 e. The first kappa shape index (κ1) is 11.7. The van der Waals surface area contributed by atoms with E-state index in [0.717, 1.165) is 0 Å². The highest BCUT2D eigenvalue weighted by molar-refractivity contribution is 5.76. The summed E-state index contributed by atoms with van der Waals surface area (Å²) in [4.78, 5) is 11.2. The van der Waals surface area contributed by atoms with Gasteiger partial charge in [0.25, 0.3) is 0 Å². The first-order valence-electron chi connectivity index (χ1n) is 4.78. The lowest BCUT2D eigenvalue weighted by Crippen LogP contribution is -2.36. The van der Waals surface area contributed by atoms with Crippen LogP contribution < -0.4 is 5.73 Å². The molecule has 0 fully saturated rings. The van der Waals surface area contributed by atoms with Crippen molar-refractivity contribution in [1.82, 2.24) is 0 Å². The third kappa shape index (κ3) is 3.02. The second-order valence-electron chi connectivity index (χ2n) is 3.09. The molecule has 0 aliphatic heterocycles. The Balaban J connectivity index is 2.68. The molecule has 0 aliphatic carbocycles. The van der Waals surface area contributed by atoms with Crippen LogP contribution in [0.1, 0.15) is 18.7 Å². The summed E-state index contributed by atoms with van der Waals surface area (Å²) in [5.41, 5.74) is 5.82. The Labute approximate surface area is 88.0 Å². The van der Waals surface area contributed by atoms with Crippen molar-refractivity contribution in [3.63, 3.8) is 0 Å². The summed E-state index contributed by atoms with van der Waals surface area (Å²) in [5, 5.41) is 0. The van der Waals surface area contributed by atoms with E-state index in [2.05, 4.69) is 4.74 Å². The quantitative estimate of drug-likeness (QED) is 0.769. The number of ether oxygens (including phenoxy) is 1. The fraction of sp³-hybridized carbons (Fsp3) is 0.364. The van der Waals surface area contributed by atoms with Gasteiger partial charge in [0.2, 0.25) is 0 Å². The van der Waals surface area contributed by atoms with Crippen LogP contribution in [0.25, 0.3) is 0 Å². The van der Waals surface area contributed by atoms with E-state index in [1.807, 2.05) is 0 Å². The molecule has 0 spiro atoms. The monoisotopic (exact) mass is 211 g/mol. The maximum absolute atomic E-state index is 13.7. The zero-order chi connectivity index (χ0) is 11.3. The van der Waals surface area contributed by atoms with E-state index in [0.29, 0.717) is 5.56 Å². The first-order chi connectivity index (χ1) is 7.16. The summed E-state index contributed by atoms with van der Waals surface area (Å²) < 4.78 is 18.3. The molecule has 0 amide bonds. The Morgan fingerprint density at radius 3 is 2.60 bits per heavy atom. The molecule has 1 aromatic rings. The second-order valence-corrected chi connectivity index (χ2v) is 3.09. The molecule has 0 bridgehead atoms. The third-order valence-electron chi connectivity index (χ3n) is 1.99. The number of carbonyl (C=O) groups is 1. The Hall–Kier alpha value is -1.42. The molecule has 0 saturated heterocycles. The van der Waals surface area contributed by atoms with Crippen LogP contribution in [0.4, 0.5) is 4.39 Å². The van der Waals surface area contributed by atoms with Crippen molar-refractivity contribution in [3.8, 4) is 0 Å². The van der Waals surface area contributed by atoms with Crippen LogP contribution in [0.5, 0.6) is 0 Å². The van der Waals surface area contributed by atoms with Gasteiger partial charge in [-0.2, -0.15) is 0 Å². The van der Waals surface area contributed by atoms with Crippen LogP contribution in [-0.4, -0.2) is 18.6 Å². The molecule has 0 aromatic heterocycles. The molecule has 0 heterocycles. The number of esters is 1. The fourth-order valence-corrected chi connectivity index (χ4v) is 1.20. The molecule has 82 valence electrons. The van der Waals surface area contributed by atoms with Crippen molar-refractivity contribution >= 4 is 5.97 Å². The van der Waals surface area contributed by atoms with Crippen LogP contribution in [-0.2, 0) is 9.53 Å². The highest BCUT2D eigenvalue weighted by atomic mass is 19.1. The van der Waals surface area contributed by atoms with E-state index >= 15 is 0 Å². The van der Waals surface area contributed by atoms with Crippen molar-refractivity contribution in [2.75, 3.05) is 6.61 Å². The van der Waals surface area contributed by atoms with Gasteiger partial charge in [0, 0.05) is 0 Å². The van der Waals surface area contributed by atoms with Gasteiger partial charge in [0.05, 0.1) is 6.61 Å². The topological polar surface area (TPSA) is 52.3 Å². The number of hydrogen-bond acceptors (Lipinski definition) is 3. The van der Waals surface area contributed by atoms with E-state index in [4.69, 9.17) is 5.73 Å². The van der Waals surface area contributed by atoms with Gasteiger partial charge in [-0.15, -0.1) is 0 Å². The zero-order valence-electron chi connectivity index (χ0n) is 8.52. The summed E-state index contributed by atoms with van der Waals surface area (Å²) in [6.45, 7) is 1.86. The lowest BCUT2D eigenvalue weighted by molar-refractivity contribution is -0.146. The predicted molar refractivity (Wildman–Crippen MR) is 54.9 cm³/mol. The summed E-state index contributed by atoms with van der Waals surface area (Å²) >= 11 is 0. The molecule has 4 heteroatoms. The largest absolute Gasteiger partial charge is 0.465 e. The zero-order valence-corrected chi connectivity index (χ0v) is 8.52. The Morgan fingerprint density at radius 2 is 2.07 bits per heavy atom. The number of halogens is 1. The van der Waals surface area contributed by atoms with Crippen LogP contribution in [0, 0.1) is 0 Å². The van der Waals surface area contributed by atoms with E-state index in [-0.39, 0.29) is 6.61 Å². The van der Waals surface area contributed by atoms with E-state index in [9.17, 15) is 9.18 Å². The Kier molecular flexibility index (Phi) is 4.24. The second kappa shape index (κ2) is 5.46. The van der Waals surface area contributed by atoms with E-state index in [1.54, 1.807) is 37.3 Å². The minimum absolute atomic E-state index is 0.202. The van der Waals surface area contributed by atoms with Gasteiger partial charge in [0.1, 0.15) is 6.04 Å². The maximum atomic E-state index is 13.7. The van der Waals surface area contributed by atoms with Gasteiger partial charge in [-0.25, -0.2) is 4.39 Å². The number of alkyl halides is 1. The third-order valence-corrected chi connectivity index (χ3v) is 1.99. The molecule has 2 N–H and O–H groups in total. The summed E-state index contributed by atoms with van der Waals surface area (Å²) in [6.07, 6.45) is -1.52. The molecular weight excluding hydrogens is 197 g/mol. The van der Waals surface area contributed by atoms with Gasteiger partial charge >= 0.3 is 5.97 Å². The van der Waals surface area contributed by atoms with Crippen LogP contribution in [0.2, 0.25) is 0 Å². The summed E-state index contributed by atoms with van der Waals surface area (Å²) in [7, 11) is 0. The standard InChI is InChI=1S/C11H14FNO2/c1-2-15-11(14)10(13)9(12)8-6-4-3-5-7-8/h3-7,9-10H,2,13H2,1H3. The van der Waals surface area contributed by atoms with Gasteiger partial charge in [-0.05, 0) is 12.5 Å². The first-order valence-corrected chi connectivity index (χ1v) is 4.78.